The lowest BCUT2D eigenvalue weighted by Crippen LogP contribution is -2.12. The van der Waals surface area contributed by atoms with Crippen LogP contribution in [0.4, 0.5) is 5.69 Å². The number of aromatic nitrogens is 3. The third kappa shape index (κ3) is 2.63. The number of benzene rings is 2. The minimum Gasteiger partial charge on any atom is -0.320 e. The molecule has 0 saturated carbocycles. The van der Waals surface area contributed by atoms with E-state index in [-0.39, 0.29) is 5.91 Å². The first-order valence-corrected chi connectivity index (χ1v) is 7.56. The summed E-state index contributed by atoms with van der Waals surface area (Å²) in [6.45, 7) is 0. The Hall–Kier alpha value is -3.47. The van der Waals surface area contributed by atoms with Gasteiger partial charge in [-0.1, -0.05) is 18.2 Å². The number of amides is 1. The monoisotopic (exact) mass is 314 g/mol. The van der Waals surface area contributed by atoms with Gasteiger partial charge in [0.2, 0.25) is 0 Å². The number of pyridine rings is 1. The largest absolute Gasteiger partial charge is 0.320 e. The van der Waals surface area contributed by atoms with Crippen molar-refractivity contribution < 1.29 is 4.79 Å². The van der Waals surface area contributed by atoms with E-state index < -0.39 is 0 Å². The lowest BCUT2D eigenvalue weighted by molar-refractivity contribution is 0.102. The molecule has 1 N–H and O–H groups in total. The van der Waals surface area contributed by atoms with E-state index in [1.807, 2.05) is 54.7 Å². The first-order valence-electron chi connectivity index (χ1n) is 7.56. The van der Waals surface area contributed by atoms with Gasteiger partial charge in [0.15, 0.2) is 0 Å². The molecule has 0 unspecified atom stereocenters. The van der Waals surface area contributed by atoms with E-state index in [1.165, 1.54) is 0 Å². The van der Waals surface area contributed by atoms with Crippen LogP contribution in [-0.4, -0.2) is 20.7 Å². The van der Waals surface area contributed by atoms with E-state index in [4.69, 9.17) is 0 Å². The van der Waals surface area contributed by atoms with E-state index in [9.17, 15) is 4.79 Å². The SMILES string of the molecule is O=C(Nc1cccc2cccnc12)c1ccc(-n2cccn2)cc1. The van der Waals surface area contributed by atoms with E-state index in [1.54, 1.807) is 29.2 Å². The second kappa shape index (κ2) is 5.96. The molecule has 2 aromatic heterocycles. The molecule has 2 aromatic carbocycles. The zero-order valence-electron chi connectivity index (χ0n) is 12.8. The molecule has 4 aromatic rings. The minimum absolute atomic E-state index is 0.167. The lowest BCUT2D eigenvalue weighted by atomic mass is 10.1. The van der Waals surface area contributed by atoms with Gasteiger partial charge in [0.25, 0.3) is 5.91 Å². The number of anilines is 1. The van der Waals surface area contributed by atoms with Gasteiger partial charge < -0.3 is 5.32 Å². The summed E-state index contributed by atoms with van der Waals surface area (Å²) in [7, 11) is 0. The number of fused-ring (bicyclic) bond motifs is 1. The van der Waals surface area contributed by atoms with Crippen molar-refractivity contribution in [1.82, 2.24) is 14.8 Å². The molecule has 5 nitrogen and oxygen atoms in total. The number of rotatable bonds is 3. The maximum Gasteiger partial charge on any atom is 0.255 e. The Kier molecular flexibility index (Phi) is 3.51. The van der Waals surface area contributed by atoms with Crippen molar-refractivity contribution in [2.75, 3.05) is 5.32 Å². The Balaban J connectivity index is 1.60. The van der Waals surface area contributed by atoms with E-state index in [2.05, 4.69) is 15.4 Å². The second-order valence-corrected chi connectivity index (χ2v) is 5.33. The molecule has 116 valence electrons. The van der Waals surface area contributed by atoms with Gasteiger partial charge in [0, 0.05) is 29.5 Å². The maximum absolute atomic E-state index is 12.5. The summed E-state index contributed by atoms with van der Waals surface area (Å²) in [5.41, 5.74) is 2.97. The average Bonchev–Trinajstić information content (AvgIpc) is 3.17. The number of carbonyl (C=O) groups excluding carboxylic acids is 1. The first-order chi connectivity index (χ1) is 11.8. The Bertz CT molecular complexity index is 986. The average molecular weight is 314 g/mol. The topological polar surface area (TPSA) is 59.8 Å². The smallest absolute Gasteiger partial charge is 0.255 e. The van der Waals surface area contributed by atoms with Crippen LogP contribution in [-0.2, 0) is 0 Å². The van der Waals surface area contributed by atoms with Gasteiger partial charge in [-0.15, -0.1) is 0 Å². The number of para-hydroxylation sites is 1. The minimum atomic E-state index is -0.167. The van der Waals surface area contributed by atoms with Crippen LogP contribution in [0.5, 0.6) is 0 Å². The van der Waals surface area contributed by atoms with E-state index in [0.717, 1.165) is 16.6 Å². The molecule has 1 amide bonds. The maximum atomic E-state index is 12.5. The molecule has 4 rings (SSSR count). The predicted octanol–water partition coefficient (Wildman–Crippen LogP) is 3.67. The van der Waals surface area contributed by atoms with E-state index in [0.29, 0.717) is 11.3 Å². The molecule has 0 aliphatic heterocycles. The zero-order chi connectivity index (χ0) is 16.4. The third-order valence-electron chi connectivity index (χ3n) is 3.78. The molecule has 0 bridgehead atoms. The van der Waals surface area contributed by atoms with E-state index >= 15 is 0 Å². The second-order valence-electron chi connectivity index (χ2n) is 5.33. The number of hydrogen-bond acceptors (Lipinski definition) is 3. The quantitative estimate of drug-likeness (QED) is 0.627. The molecule has 0 saturated heterocycles. The fourth-order valence-electron chi connectivity index (χ4n) is 2.59. The summed E-state index contributed by atoms with van der Waals surface area (Å²) < 4.78 is 1.75. The van der Waals surface area contributed by atoms with Crippen molar-refractivity contribution in [3.8, 4) is 5.69 Å². The lowest BCUT2D eigenvalue weighted by Gasteiger charge is -2.08. The Morgan fingerprint density at radius 1 is 0.917 bits per heavy atom. The van der Waals surface area contributed by atoms with Crippen LogP contribution in [0.3, 0.4) is 0 Å². The van der Waals surface area contributed by atoms with Crippen LogP contribution in [0, 0.1) is 0 Å². The van der Waals surface area contributed by atoms with Crippen LogP contribution in [0.2, 0.25) is 0 Å². The third-order valence-corrected chi connectivity index (χ3v) is 3.78. The molecule has 0 fully saturated rings. The zero-order valence-corrected chi connectivity index (χ0v) is 12.8. The molecular weight excluding hydrogens is 300 g/mol. The molecule has 0 aliphatic rings. The molecule has 0 atom stereocenters. The highest BCUT2D eigenvalue weighted by atomic mass is 16.1. The number of hydrogen-bond donors (Lipinski definition) is 1. The van der Waals surface area contributed by atoms with Crippen molar-refractivity contribution in [2.24, 2.45) is 0 Å². The highest BCUT2D eigenvalue weighted by molar-refractivity contribution is 6.08. The Labute approximate surface area is 138 Å². The van der Waals surface area contributed by atoms with Crippen LogP contribution in [0.1, 0.15) is 10.4 Å². The van der Waals surface area contributed by atoms with Crippen molar-refractivity contribution in [3.63, 3.8) is 0 Å². The summed E-state index contributed by atoms with van der Waals surface area (Å²) in [6.07, 6.45) is 5.29. The predicted molar refractivity (Wildman–Crippen MR) is 93.3 cm³/mol. The van der Waals surface area contributed by atoms with Crippen molar-refractivity contribution in [3.05, 3.63) is 84.8 Å². The highest BCUT2D eigenvalue weighted by Gasteiger charge is 2.09. The van der Waals surface area contributed by atoms with Gasteiger partial charge in [-0.05, 0) is 42.5 Å². The Morgan fingerprint density at radius 2 is 1.75 bits per heavy atom. The van der Waals surface area contributed by atoms with Gasteiger partial charge in [-0.25, -0.2) is 4.68 Å². The van der Waals surface area contributed by atoms with Gasteiger partial charge in [-0.3, -0.25) is 9.78 Å². The standard InChI is InChI=1S/C19H14N4O/c24-19(15-7-9-16(10-8-15)23-13-3-12-21-23)22-17-6-1-4-14-5-2-11-20-18(14)17/h1-13H,(H,22,24). The molecule has 0 spiro atoms. The van der Waals surface area contributed by atoms with Crippen LogP contribution in [0.15, 0.2) is 79.3 Å². The van der Waals surface area contributed by atoms with Crippen LogP contribution < -0.4 is 5.32 Å². The van der Waals surface area contributed by atoms with Crippen molar-refractivity contribution >= 4 is 22.5 Å². The normalized spacial score (nSPS) is 10.7. The Morgan fingerprint density at radius 3 is 2.54 bits per heavy atom. The summed E-state index contributed by atoms with van der Waals surface area (Å²) >= 11 is 0. The molecule has 0 radical (unpaired) electrons. The molecule has 2 heterocycles. The van der Waals surface area contributed by atoms with Crippen LogP contribution >= 0.6 is 0 Å². The first kappa shape index (κ1) is 14.1. The fourth-order valence-corrected chi connectivity index (χ4v) is 2.59. The summed E-state index contributed by atoms with van der Waals surface area (Å²) in [4.78, 5) is 16.8. The number of carbonyl (C=O) groups is 1. The van der Waals surface area contributed by atoms with Gasteiger partial charge in [-0.2, -0.15) is 5.10 Å². The molecule has 0 aliphatic carbocycles. The van der Waals surface area contributed by atoms with Crippen molar-refractivity contribution in [2.45, 2.75) is 0 Å². The van der Waals surface area contributed by atoms with Gasteiger partial charge in [0.05, 0.1) is 16.9 Å². The molecular formula is C19H14N4O. The summed E-state index contributed by atoms with van der Waals surface area (Å²) in [6, 6.07) is 18.7. The van der Waals surface area contributed by atoms with Gasteiger partial charge >= 0.3 is 0 Å². The fraction of sp³-hybridized carbons (Fsp3) is 0. The molecule has 5 heteroatoms. The van der Waals surface area contributed by atoms with Crippen LogP contribution in [0.25, 0.3) is 16.6 Å². The summed E-state index contributed by atoms with van der Waals surface area (Å²) in [5, 5.41) is 8.09. The molecule has 24 heavy (non-hydrogen) atoms. The van der Waals surface area contributed by atoms with Gasteiger partial charge in [0.1, 0.15) is 0 Å². The highest BCUT2D eigenvalue weighted by Crippen LogP contribution is 2.21. The summed E-state index contributed by atoms with van der Waals surface area (Å²) in [5.74, 6) is -0.167. The number of nitrogens with zero attached hydrogens (tertiary/aromatic N) is 3. The van der Waals surface area contributed by atoms with Crippen molar-refractivity contribution in [1.29, 1.82) is 0 Å². The number of nitrogens with one attached hydrogen (secondary N) is 1.